The van der Waals surface area contributed by atoms with Crippen molar-refractivity contribution >= 4 is 45.9 Å². The number of halogens is 1. The molecule has 0 saturated carbocycles. The van der Waals surface area contributed by atoms with Crippen LogP contribution in [0.3, 0.4) is 0 Å². The van der Waals surface area contributed by atoms with Gasteiger partial charge in [0.05, 0.1) is 24.3 Å². The summed E-state index contributed by atoms with van der Waals surface area (Å²) in [7, 11) is 4.39. The van der Waals surface area contributed by atoms with Crippen LogP contribution in [0.1, 0.15) is 30.9 Å². The summed E-state index contributed by atoms with van der Waals surface area (Å²) in [6.45, 7) is 10.3. The number of anilines is 2. The van der Waals surface area contributed by atoms with Gasteiger partial charge in [0.15, 0.2) is 0 Å². The van der Waals surface area contributed by atoms with E-state index in [-0.39, 0.29) is 7.66 Å². The van der Waals surface area contributed by atoms with Crippen molar-refractivity contribution in [2.45, 2.75) is 44.0 Å². The lowest BCUT2D eigenvalue weighted by molar-refractivity contribution is 0.122. The standard InChI is InChI=1S/C26H35IN4OS/c1-5-19-15-22(31-10-12-32-13-11-31)17-24-26(19)28-25-18(2)14-21(16-23(25)33(24)27)30-8-6-20(7-9-30)29(3)4/h14-17,20H,5-13H2,1-4H3. The van der Waals surface area contributed by atoms with Crippen molar-refractivity contribution in [3.63, 3.8) is 0 Å². The van der Waals surface area contributed by atoms with E-state index in [2.05, 4.69) is 88.1 Å². The highest BCUT2D eigenvalue weighted by atomic mass is 127. The molecule has 0 N–H and O–H groups in total. The SMILES string of the molecule is CCc1cc(N2CCOCC2)cc2c1=Nc1c(C)cc(N3CCC(N(C)C)CC3)cc1S=2I. The van der Waals surface area contributed by atoms with Crippen LogP contribution in [0.4, 0.5) is 17.1 Å². The van der Waals surface area contributed by atoms with E-state index in [1.165, 1.54) is 55.8 Å². The molecule has 0 aliphatic carbocycles. The van der Waals surface area contributed by atoms with Gasteiger partial charge in [-0.1, -0.05) is 14.6 Å². The molecule has 0 spiro atoms. The third kappa shape index (κ3) is 4.58. The van der Waals surface area contributed by atoms with Crippen LogP contribution in [0.15, 0.2) is 34.2 Å². The Bertz CT molecular complexity index is 1170. The number of rotatable bonds is 4. The van der Waals surface area contributed by atoms with Crippen molar-refractivity contribution in [1.82, 2.24) is 4.90 Å². The molecule has 2 aromatic rings. The minimum absolute atomic E-state index is 0.0226. The Morgan fingerprint density at radius 2 is 1.70 bits per heavy atom. The monoisotopic (exact) mass is 578 g/mol. The number of fused-ring (bicyclic) bond motifs is 2. The van der Waals surface area contributed by atoms with Gasteiger partial charge in [-0.05, 0) is 96.9 Å². The van der Waals surface area contributed by atoms with Gasteiger partial charge in [0.2, 0.25) is 0 Å². The van der Waals surface area contributed by atoms with Gasteiger partial charge < -0.3 is 19.4 Å². The minimum Gasteiger partial charge on any atom is -0.378 e. The molecule has 178 valence electrons. The summed E-state index contributed by atoms with van der Waals surface area (Å²) in [5.74, 6) is 0. The van der Waals surface area contributed by atoms with Crippen LogP contribution in [0.2, 0.25) is 0 Å². The summed E-state index contributed by atoms with van der Waals surface area (Å²) >= 11 is 2.68. The molecule has 0 bridgehead atoms. The Balaban J connectivity index is 1.56. The topological polar surface area (TPSA) is 31.3 Å². The molecular formula is C26H35IN4OS. The van der Waals surface area contributed by atoms with E-state index in [1.54, 1.807) is 0 Å². The van der Waals surface area contributed by atoms with Crippen LogP contribution in [0.25, 0.3) is 0 Å². The van der Waals surface area contributed by atoms with Crippen LogP contribution >= 0.6 is 28.9 Å². The molecule has 0 amide bonds. The largest absolute Gasteiger partial charge is 0.378 e. The first-order chi connectivity index (χ1) is 16.0. The van der Waals surface area contributed by atoms with E-state index < -0.39 is 0 Å². The highest BCUT2D eigenvalue weighted by Crippen LogP contribution is 2.48. The number of benzene rings is 2. The van der Waals surface area contributed by atoms with E-state index in [4.69, 9.17) is 9.73 Å². The molecule has 3 aliphatic heterocycles. The first-order valence-corrected chi connectivity index (χ1v) is 15.9. The summed E-state index contributed by atoms with van der Waals surface area (Å²) in [5.41, 5.74) is 6.57. The van der Waals surface area contributed by atoms with Gasteiger partial charge in [-0.3, -0.25) is 0 Å². The van der Waals surface area contributed by atoms with Crippen molar-refractivity contribution in [3.05, 3.63) is 45.3 Å². The molecule has 1 atom stereocenters. The van der Waals surface area contributed by atoms with Crippen molar-refractivity contribution in [2.24, 2.45) is 4.99 Å². The smallest absolute Gasteiger partial charge is 0.0809 e. The quantitative estimate of drug-likeness (QED) is 0.373. The van der Waals surface area contributed by atoms with Crippen molar-refractivity contribution in [2.75, 3.05) is 63.3 Å². The van der Waals surface area contributed by atoms with Crippen LogP contribution in [-0.4, -0.2) is 64.4 Å². The van der Waals surface area contributed by atoms with E-state index >= 15 is 0 Å². The zero-order valence-electron chi connectivity index (χ0n) is 20.2. The molecule has 33 heavy (non-hydrogen) atoms. The Morgan fingerprint density at radius 1 is 1.03 bits per heavy atom. The molecule has 3 heterocycles. The number of piperidine rings is 1. The maximum absolute atomic E-state index is 5.59. The Kier molecular flexibility index (Phi) is 7.03. The zero-order chi connectivity index (χ0) is 23.1. The second kappa shape index (κ2) is 9.84. The molecule has 5 rings (SSSR count). The Morgan fingerprint density at radius 3 is 2.36 bits per heavy atom. The normalized spacial score (nSPS) is 21.1. The number of aryl methyl sites for hydroxylation is 2. The van der Waals surface area contributed by atoms with Crippen molar-refractivity contribution in [1.29, 1.82) is 0 Å². The second-order valence-electron chi connectivity index (χ2n) is 9.56. The lowest BCUT2D eigenvalue weighted by atomic mass is 10.0. The highest BCUT2D eigenvalue weighted by molar-refractivity contribution is 14.2. The maximum atomic E-state index is 5.59. The fourth-order valence-corrected chi connectivity index (χ4v) is 8.67. The minimum atomic E-state index is -0.0226. The predicted molar refractivity (Wildman–Crippen MR) is 148 cm³/mol. The first kappa shape index (κ1) is 23.6. The molecule has 5 nitrogen and oxygen atoms in total. The van der Waals surface area contributed by atoms with Gasteiger partial charge in [0, 0.05) is 53.0 Å². The van der Waals surface area contributed by atoms with Crippen LogP contribution < -0.4 is 15.2 Å². The fourth-order valence-electron chi connectivity index (χ4n) is 5.25. The molecule has 2 fully saturated rings. The summed E-state index contributed by atoms with van der Waals surface area (Å²) < 4.78 is 6.99. The maximum Gasteiger partial charge on any atom is 0.0809 e. The fraction of sp³-hybridized carbons (Fsp3) is 0.538. The van der Waals surface area contributed by atoms with E-state index in [1.807, 2.05) is 0 Å². The highest BCUT2D eigenvalue weighted by Gasteiger charge is 2.24. The van der Waals surface area contributed by atoms with Gasteiger partial charge in [-0.15, -0.1) is 0 Å². The Labute approximate surface area is 212 Å². The van der Waals surface area contributed by atoms with E-state index in [0.29, 0.717) is 6.04 Å². The molecule has 0 radical (unpaired) electrons. The van der Waals surface area contributed by atoms with E-state index in [0.717, 1.165) is 45.8 Å². The summed E-state index contributed by atoms with van der Waals surface area (Å²) in [4.78, 5) is 14.1. The number of hydrogen-bond donors (Lipinski definition) is 0. The molecule has 7 heteroatoms. The average Bonchev–Trinajstić information content (AvgIpc) is 2.84. The zero-order valence-corrected chi connectivity index (χ0v) is 23.2. The van der Waals surface area contributed by atoms with Gasteiger partial charge >= 0.3 is 0 Å². The Hall–Kier alpha value is -1.16. The molecule has 1 unspecified atom stereocenters. The molecule has 2 saturated heterocycles. The van der Waals surface area contributed by atoms with Crippen LogP contribution in [-0.2, 0) is 11.2 Å². The number of hydrogen-bond acceptors (Lipinski definition) is 5. The number of ether oxygens (including phenoxy) is 1. The van der Waals surface area contributed by atoms with Gasteiger partial charge in [-0.2, -0.15) is 0 Å². The summed E-state index contributed by atoms with van der Waals surface area (Å²) in [6, 6.07) is 10.3. The number of morpholine rings is 1. The van der Waals surface area contributed by atoms with Crippen LogP contribution in [0.5, 0.6) is 0 Å². The third-order valence-corrected chi connectivity index (χ3v) is 11.6. The number of nitrogens with zero attached hydrogens (tertiary/aromatic N) is 4. The molecule has 0 aromatic heterocycles. The molecular weight excluding hydrogens is 543 g/mol. The average molecular weight is 579 g/mol. The lowest BCUT2D eigenvalue weighted by Crippen LogP contribution is -2.42. The first-order valence-electron chi connectivity index (χ1n) is 12.1. The van der Waals surface area contributed by atoms with Crippen molar-refractivity contribution < 1.29 is 4.74 Å². The van der Waals surface area contributed by atoms with Gasteiger partial charge in [0.1, 0.15) is 0 Å². The summed E-state index contributed by atoms with van der Waals surface area (Å²) in [6.07, 6.45) is 3.47. The lowest BCUT2D eigenvalue weighted by Gasteiger charge is -2.37. The molecule has 2 aromatic carbocycles. The van der Waals surface area contributed by atoms with Gasteiger partial charge in [-0.25, -0.2) is 4.99 Å². The second-order valence-corrected chi connectivity index (χ2v) is 13.6. The molecule has 3 aliphatic rings. The van der Waals surface area contributed by atoms with Crippen molar-refractivity contribution in [3.8, 4) is 0 Å². The van der Waals surface area contributed by atoms with Crippen LogP contribution in [0, 0.1) is 11.4 Å². The third-order valence-electron chi connectivity index (χ3n) is 7.32. The van der Waals surface area contributed by atoms with Gasteiger partial charge in [0.25, 0.3) is 0 Å². The van der Waals surface area contributed by atoms with E-state index in [9.17, 15) is 0 Å². The summed E-state index contributed by atoms with van der Waals surface area (Å²) in [5, 5.41) is 1.21. The predicted octanol–water partition coefficient (Wildman–Crippen LogP) is 5.12.